The molecule has 0 atom stereocenters. The van der Waals surface area contributed by atoms with Crippen molar-refractivity contribution in [2.24, 2.45) is 4.99 Å². The van der Waals surface area contributed by atoms with Crippen LogP contribution in [-0.4, -0.2) is 20.7 Å². The molecular formula is C20H27N5. The molecular weight excluding hydrogens is 310 g/mol. The zero-order valence-corrected chi connectivity index (χ0v) is 14.8. The van der Waals surface area contributed by atoms with Crippen molar-refractivity contribution in [2.45, 2.75) is 63.7 Å². The zero-order valence-electron chi connectivity index (χ0n) is 14.8. The van der Waals surface area contributed by atoms with Gasteiger partial charge in [-0.05, 0) is 31.4 Å². The lowest BCUT2D eigenvalue weighted by atomic mass is 9.96. The fourth-order valence-electron chi connectivity index (χ4n) is 3.35. The SMILES string of the molecule is Nc1nc(N=C2C=C/C=C\C/C=C\2)nc(C2CCCCCCCC2)n1. The van der Waals surface area contributed by atoms with E-state index < -0.39 is 0 Å². The maximum atomic E-state index is 5.95. The number of nitrogens with two attached hydrogens (primary N) is 1. The molecule has 0 saturated heterocycles. The number of nitrogens with zero attached hydrogens (tertiary/aromatic N) is 4. The standard InChI is InChI=1S/C20H27N5/c21-19-23-18(16-12-8-4-1-2-5-9-13-16)24-20(25-19)22-17-14-10-6-3-7-11-15-17/h3,6,10-11,14-16H,1-2,4-5,7-9,12-13H2,(H2,21,23,24,25)/b6-3-,14-10?,15-11-,22-17?. The van der Waals surface area contributed by atoms with E-state index in [1.807, 2.05) is 24.3 Å². The molecule has 5 nitrogen and oxygen atoms in total. The summed E-state index contributed by atoms with van der Waals surface area (Å²) < 4.78 is 0. The molecule has 2 aliphatic rings. The van der Waals surface area contributed by atoms with Crippen LogP contribution in [-0.2, 0) is 0 Å². The van der Waals surface area contributed by atoms with Crippen LogP contribution in [0.1, 0.15) is 69.5 Å². The van der Waals surface area contributed by atoms with Crippen LogP contribution < -0.4 is 5.73 Å². The zero-order chi connectivity index (χ0) is 17.3. The fraction of sp³-hybridized carbons (Fsp3) is 0.500. The van der Waals surface area contributed by atoms with Gasteiger partial charge >= 0.3 is 0 Å². The van der Waals surface area contributed by atoms with Crippen molar-refractivity contribution in [3.05, 3.63) is 42.3 Å². The first kappa shape index (κ1) is 17.5. The van der Waals surface area contributed by atoms with Crippen molar-refractivity contribution in [3.8, 4) is 0 Å². The maximum Gasteiger partial charge on any atom is 0.254 e. The van der Waals surface area contributed by atoms with Crippen molar-refractivity contribution in [1.29, 1.82) is 0 Å². The van der Waals surface area contributed by atoms with Crippen LogP contribution in [0.4, 0.5) is 11.9 Å². The number of anilines is 1. The van der Waals surface area contributed by atoms with Gasteiger partial charge in [0, 0.05) is 5.92 Å². The molecule has 1 heterocycles. The Morgan fingerprint density at radius 1 is 0.840 bits per heavy atom. The van der Waals surface area contributed by atoms with Crippen LogP contribution in [0.15, 0.2) is 41.4 Å². The monoisotopic (exact) mass is 337 g/mol. The second-order valence-electron chi connectivity index (χ2n) is 6.71. The molecule has 0 spiro atoms. The van der Waals surface area contributed by atoms with E-state index in [0.29, 0.717) is 11.9 Å². The van der Waals surface area contributed by atoms with E-state index in [0.717, 1.165) is 30.8 Å². The topological polar surface area (TPSA) is 77.0 Å². The van der Waals surface area contributed by atoms with E-state index in [9.17, 15) is 0 Å². The molecule has 3 rings (SSSR count). The lowest BCUT2D eigenvalue weighted by Crippen LogP contribution is -2.09. The minimum absolute atomic E-state index is 0.267. The number of aliphatic imine (C=N–C) groups is 1. The third-order valence-corrected chi connectivity index (χ3v) is 4.68. The molecule has 0 aromatic carbocycles. The van der Waals surface area contributed by atoms with Gasteiger partial charge in [0.1, 0.15) is 5.82 Å². The summed E-state index contributed by atoms with van der Waals surface area (Å²) in [5.74, 6) is 1.86. The predicted octanol–water partition coefficient (Wildman–Crippen LogP) is 4.82. The fourth-order valence-corrected chi connectivity index (χ4v) is 3.35. The summed E-state index contributed by atoms with van der Waals surface area (Å²) in [5.41, 5.74) is 6.78. The predicted molar refractivity (Wildman–Crippen MR) is 103 cm³/mol. The van der Waals surface area contributed by atoms with Gasteiger partial charge in [-0.1, -0.05) is 62.8 Å². The van der Waals surface area contributed by atoms with E-state index in [2.05, 4.69) is 32.1 Å². The van der Waals surface area contributed by atoms with Gasteiger partial charge in [0.15, 0.2) is 0 Å². The Balaban J connectivity index is 1.84. The van der Waals surface area contributed by atoms with Crippen molar-refractivity contribution in [2.75, 3.05) is 5.73 Å². The number of aromatic nitrogens is 3. The second-order valence-corrected chi connectivity index (χ2v) is 6.71. The number of rotatable bonds is 2. The highest BCUT2D eigenvalue weighted by Crippen LogP contribution is 2.29. The first-order valence-electron chi connectivity index (χ1n) is 9.41. The van der Waals surface area contributed by atoms with Crippen LogP contribution in [0.3, 0.4) is 0 Å². The number of hydrogen-bond acceptors (Lipinski definition) is 5. The Bertz CT molecular complexity index is 677. The lowest BCUT2D eigenvalue weighted by molar-refractivity contribution is 0.515. The van der Waals surface area contributed by atoms with Crippen molar-refractivity contribution >= 4 is 17.6 Å². The Labute approximate surface area is 149 Å². The summed E-state index contributed by atoms with van der Waals surface area (Å²) >= 11 is 0. The molecule has 2 N–H and O–H groups in total. The Hall–Kier alpha value is -2.30. The maximum absolute atomic E-state index is 5.95. The van der Waals surface area contributed by atoms with Crippen molar-refractivity contribution < 1.29 is 0 Å². The van der Waals surface area contributed by atoms with Crippen LogP contribution in [0.5, 0.6) is 0 Å². The molecule has 1 saturated carbocycles. The van der Waals surface area contributed by atoms with Crippen LogP contribution in [0.2, 0.25) is 0 Å². The summed E-state index contributed by atoms with van der Waals surface area (Å²) in [6, 6.07) is 0. The van der Waals surface area contributed by atoms with Gasteiger partial charge in [0.05, 0.1) is 5.71 Å². The first-order chi connectivity index (χ1) is 12.3. The van der Waals surface area contributed by atoms with Crippen LogP contribution in [0.25, 0.3) is 0 Å². The quantitative estimate of drug-likeness (QED) is 0.839. The van der Waals surface area contributed by atoms with Gasteiger partial charge < -0.3 is 5.73 Å². The Morgan fingerprint density at radius 3 is 2.40 bits per heavy atom. The third kappa shape index (κ3) is 5.62. The third-order valence-electron chi connectivity index (χ3n) is 4.68. The first-order valence-corrected chi connectivity index (χ1v) is 9.41. The summed E-state index contributed by atoms with van der Waals surface area (Å²) in [6.45, 7) is 0. The summed E-state index contributed by atoms with van der Waals surface area (Å²) in [4.78, 5) is 17.8. The molecule has 5 heteroatoms. The minimum Gasteiger partial charge on any atom is -0.368 e. The average Bonchev–Trinajstić information content (AvgIpc) is 2.70. The van der Waals surface area contributed by atoms with Crippen molar-refractivity contribution in [1.82, 2.24) is 15.0 Å². The normalized spacial score (nSPS) is 23.9. The molecule has 0 amide bonds. The van der Waals surface area contributed by atoms with E-state index in [4.69, 9.17) is 5.73 Å². The van der Waals surface area contributed by atoms with E-state index in [1.165, 1.54) is 38.5 Å². The summed E-state index contributed by atoms with van der Waals surface area (Å²) in [6.07, 6.45) is 23.0. The molecule has 0 bridgehead atoms. The van der Waals surface area contributed by atoms with Gasteiger partial charge in [-0.15, -0.1) is 0 Å². The van der Waals surface area contributed by atoms with Gasteiger partial charge in [-0.2, -0.15) is 15.0 Å². The molecule has 1 aromatic rings. The number of allylic oxidation sites excluding steroid dienone is 6. The number of nitrogen functional groups attached to an aromatic ring is 1. The van der Waals surface area contributed by atoms with E-state index in [-0.39, 0.29) is 5.95 Å². The summed E-state index contributed by atoms with van der Waals surface area (Å²) in [7, 11) is 0. The van der Waals surface area contributed by atoms with Gasteiger partial charge in [-0.25, -0.2) is 4.99 Å². The van der Waals surface area contributed by atoms with Gasteiger partial charge in [0.25, 0.3) is 5.95 Å². The lowest BCUT2D eigenvalue weighted by Gasteiger charge is -2.14. The molecule has 1 aromatic heterocycles. The molecule has 132 valence electrons. The molecule has 0 radical (unpaired) electrons. The smallest absolute Gasteiger partial charge is 0.254 e. The van der Waals surface area contributed by atoms with Gasteiger partial charge in [-0.3, -0.25) is 0 Å². The van der Waals surface area contributed by atoms with Gasteiger partial charge in [0.2, 0.25) is 5.95 Å². The second kappa shape index (κ2) is 9.25. The Kier molecular flexibility index (Phi) is 6.48. The highest BCUT2D eigenvalue weighted by atomic mass is 15.2. The van der Waals surface area contributed by atoms with Crippen molar-refractivity contribution in [3.63, 3.8) is 0 Å². The molecule has 2 aliphatic carbocycles. The highest BCUT2D eigenvalue weighted by Gasteiger charge is 2.17. The number of hydrogen-bond donors (Lipinski definition) is 1. The van der Waals surface area contributed by atoms with Crippen LogP contribution >= 0.6 is 0 Å². The summed E-state index contributed by atoms with van der Waals surface area (Å²) in [5, 5.41) is 0. The molecule has 0 aliphatic heterocycles. The van der Waals surface area contributed by atoms with E-state index >= 15 is 0 Å². The molecule has 25 heavy (non-hydrogen) atoms. The Morgan fingerprint density at radius 2 is 1.60 bits per heavy atom. The van der Waals surface area contributed by atoms with E-state index in [1.54, 1.807) is 0 Å². The van der Waals surface area contributed by atoms with Crippen LogP contribution in [0, 0.1) is 0 Å². The minimum atomic E-state index is 0.267. The average molecular weight is 337 g/mol. The molecule has 1 fully saturated rings. The largest absolute Gasteiger partial charge is 0.368 e. The highest BCUT2D eigenvalue weighted by molar-refractivity contribution is 6.05. The molecule has 0 unspecified atom stereocenters.